The van der Waals surface area contributed by atoms with Gasteiger partial charge in [0.15, 0.2) is 0 Å². The van der Waals surface area contributed by atoms with Crippen molar-refractivity contribution in [2.75, 3.05) is 13.6 Å². The fourth-order valence-corrected chi connectivity index (χ4v) is 1.01. The minimum atomic E-state index is 0.919. The standard InChI is InChI=1S/C6H10BrN3/c1-8-2-3-10-5-6(7)4-9-10/h4-5,8H,2-3H2,1H3. The van der Waals surface area contributed by atoms with Gasteiger partial charge in [-0.05, 0) is 23.0 Å². The molecule has 0 unspecified atom stereocenters. The van der Waals surface area contributed by atoms with Gasteiger partial charge in [0, 0.05) is 12.7 Å². The molecule has 0 aromatic carbocycles. The fraction of sp³-hybridized carbons (Fsp3) is 0.500. The number of hydrogen-bond acceptors (Lipinski definition) is 2. The van der Waals surface area contributed by atoms with Gasteiger partial charge in [-0.1, -0.05) is 0 Å². The van der Waals surface area contributed by atoms with Crippen molar-refractivity contribution in [3.8, 4) is 0 Å². The molecule has 1 heterocycles. The van der Waals surface area contributed by atoms with Crippen molar-refractivity contribution in [3.63, 3.8) is 0 Å². The fourth-order valence-electron chi connectivity index (χ4n) is 0.687. The van der Waals surface area contributed by atoms with E-state index in [0.29, 0.717) is 0 Å². The number of likely N-dealkylation sites (N-methyl/N-ethyl adjacent to an activating group) is 1. The summed E-state index contributed by atoms with van der Waals surface area (Å²) in [5.74, 6) is 0. The normalized spacial score (nSPS) is 10.2. The molecule has 0 aliphatic heterocycles. The van der Waals surface area contributed by atoms with Crippen LogP contribution in [-0.2, 0) is 6.54 Å². The SMILES string of the molecule is CNCCn1cc(Br)cn1. The molecular formula is C6H10BrN3. The van der Waals surface area contributed by atoms with Crippen LogP contribution in [0.1, 0.15) is 0 Å². The van der Waals surface area contributed by atoms with Gasteiger partial charge in [-0.2, -0.15) is 5.10 Å². The Balaban J connectivity index is 2.42. The Hall–Kier alpha value is -0.350. The van der Waals surface area contributed by atoms with Gasteiger partial charge in [0.05, 0.1) is 17.2 Å². The van der Waals surface area contributed by atoms with Crippen LogP contribution >= 0.6 is 15.9 Å². The Labute approximate surface area is 68.6 Å². The molecular weight excluding hydrogens is 194 g/mol. The molecule has 0 saturated heterocycles. The highest BCUT2D eigenvalue weighted by Gasteiger charge is 1.91. The number of nitrogens with one attached hydrogen (secondary N) is 1. The van der Waals surface area contributed by atoms with Crippen LogP contribution in [0.25, 0.3) is 0 Å². The average Bonchev–Trinajstić information content (AvgIpc) is 2.31. The average molecular weight is 204 g/mol. The number of nitrogens with zero attached hydrogens (tertiary/aromatic N) is 2. The van der Waals surface area contributed by atoms with Gasteiger partial charge in [0.1, 0.15) is 0 Å². The first-order valence-corrected chi connectivity index (χ1v) is 3.95. The van der Waals surface area contributed by atoms with Crippen LogP contribution in [0.5, 0.6) is 0 Å². The van der Waals surface area contributed by atoms with Crippen molar-refractivity contribution >= 4 is 15.9 Å². The van der Waals surface area contributed by atoms with Crippen molar-refractivity contribution in [1.29, 1.82) is 0 Å². The van der Waals surface area contributed by atoms with Crippen molar-refractivity contribution in [2.24, 2.45) is 0 Å². The first-order chi connectivity index (χ1) is 4.83. The first-order valence-electron chi connectivity index (χ1n) is 3.15. The lowest BCUT2D eigenvalue weighted by Crippen LogP contribution is -2.14. The lowest BCUT2D eigenvalue weighted by atomic mass is 10.6. The van der Waals surface area contributed by atoms with E-state index in [-0.39, 0.29) is 0 Å². The molecule has 1 N–H and O–H groups in total. The molecule has 3 nitrogen and oxygen atoms in total. The highest BCUT2D eigenvalue weighted by molar-refractivity contribution is 9.10. The molecule has 0 radical (unpaired) electrons. The van der Waals surface area contributed by atoms with E-state index in [0.717, 1.165) is 17.6 Å². The molecule has 1 aromatic heterocycles. The maximum Gasteiger partial charge on any atom is 0.0632 e. The summed E-state index contributed by atoms with van der Waals surface area (Å²) >= 11 is 3.32. The maximum atomic E-state index is 4.08. The number of halogens is 1. The summed E-state index contributed by atoms with van der Waals surface area (Å²) in [6.07, 6.45) is 3.74. The molecule has 1 aromatic rings. The summed E-state index contributed by atoms with van der Waals surface area (Å²) in [5, 5.41) is 7.13. The smallest absolute Gasteiger partial charge is 0.0632 e. The van der Waals surface area contributed by atoms with Gasteiger partial charge < -0.3 is 5.32 Å². The van der Waals surface area contributed by atoms with E-state index in [1.54, 1.807) is 6.20 Å². The molecule has 0 bridgehead atoms. The molecule has 56 valence electrons. The monoisotopic (exact) mass is 203 g/mol. The second-order valence-electron chi connectivity index (χ2n) is 2.03. The van der Waals surface area contributed by atoms with Crippen LogP contribution in [0.4, 0.5) is 0 Å². The lowest BCUT2D eigenvalue weighted by Gasteiger charge is -1.97. The predicted octanol–water partition coefficient (Wildman–Crippen LogP) is 0.865. The summed E-state index contributed by atoms with van der Waals surface area (Å²) in [6, 6.07) is 0. The predicted molar refractivity (Wildman–Crippen MR) is 43.9 cm³/mol. The molecule has 0 spiro atoms. The number of hydrogen-bond donors (Lipinski definition) is 1. The molecule has 0 aliphatic carbocycles. The molecule has 0 saturated carbocycles. The van der Waals surface area contributed by atoms with Crippen LogP contribution in [-0.4, -0.2) is 23.4 Å². The molecule has 0 aliphatic rings. The third-order valence-corrected chi connectivity index (χ3v) is 1.60. The second-order valence-corrected chi connectivity index (χ2v) is 2.94. The first kappa shape index (κ1) is 7.75. The van der Waals surface area contributed by atoms with E-state index in [9.17, 15) is 0 Å². The van der Waals surface area contributed by atoms with Crippen LogP contribution in [0.3, 0.4) is 0 Å². The van der Waals surface area contributed by atoms with Crippen molar-refractivity contribution < 1.29 is 0 Å². The molecule has 10 heavy (non-hydrogen) atoms. The van der Waals surface area contributed by atoms with Crippen LogP contribution in [0.15, 0.2) is 16.9 Å². The zero-order valence-corrected chi connectivity index (χ0v) is 7.43. The highest BCUT2D eigenvalue weighted by Crippen LogP contribution is 2.05. The van der Waals surface area contributed by atoms with Crippen LogP contribution in [0.2, 0.25) is 0 Å². The Morgan fingerprint density at radius 3 is 3.10 bits per heavy atom. The second kappa shape index (κ2) is 3.73. The van der Waals surface area contributed by atoms with E-state index < -0.39 is 0 Å². The lowest BCUT2D eigenvalue weighted by molar-refractivity contribution is 0.584. The molecule has 4 heteroatoms. The topological polar surface area (TPSA) is 29.9 Å². The van der Waals surface area contributed by atoms with Gasteiger partial charge in [0.25, 0.3) is 0 Å². The van der Waals surface area contributed by atoms with Gasteiger partial charge in [-0.3, -0.25) is 4.68 Å². The van der Waals surface area contributed by atoms with E-state index >= 15 is 0 Å². The summed E-state index contributed by atoms with van der Waals surface area (Å²) in [5.41, 5.74) is 0. The zero-order chi connectivity index (χ0) is 7.40. The van der Waals surface area contributed by atoms with E-state index in [2.05, 4.69) is 26.3 Å². The third-order valence-electron chi connectivity index (χ3n) is 1.19. The molecule has 0 fully saturated rings. The summed E-state index contributed by atoms with van der Waals surface area (Å²) in [6.45, 7) is 1.87. The van der Waals surface area contributed by atoms with Gasteiger partial charge in [0.2, 0.25) is 0 Å². The van der Waals surface area contributed by atoms with Crippen molar-refractivity contribution in [2.45, 2.75) is 6.54 Å². The summed E-state index contributed by atoms with van der Waals surface area (Å²) in [7, 11) is 1.93. The summed E-state index contributed by atoms with van der Waals surface area (Å²) < 4.78 is 2.92. The maximum absolute atomic E-state index is 4.08. The number of aromatic nitrogens is 2. The Kier molecular flexibility index (Phi) is 2.89. The quantitative estimate of drug-likeness (QED) is 0.791. The molecule has 0 amide bonds. The summed E-state index contributed by atoms with van der Waals surface area (Å²) in [4.78, 5) is 0. The van der Waals surface area contributed by atoms with E-state index in [4.69, 9.17) is 0 Å². The van der Waals surface area contributed by atoms with E-state index in [1.165, 1.54) is 0 Å². The number of rotatable bonds is 3. The minimum absolute atomic E-state index is 0.919. The Morgan fingerprint density at radius 1 is 1.80 bits per heavy atom. The molecule has 1 rings (SSSR count). The minimum Gasteiger partial charge on any atom is -0.318 e. The Morgan fingerprint density at radius 2 is 2.60 bits per heavy atom. The van der Waals surface area contributed by atoms with Crippen molar-refractivity contribution in [3.05, 3.63) is 16.9 Å². The van der Waals surface area contributed by atoms with Crippen LogP contribution < -0.4 is 5.32 Å². The third kappa shape index (κ3) is 2.11. The van der Waals surface area contributed by atoms with Gasteiger partial charge in [-0.15, -0.1) is 0 Å². The van der Waals surface area contributed by atoms with Crippen LogP contribution in [0, 0.1) is 0 Å². The zero-order valence-electron chi connectivity index (χ0n) is 5.84. The molecule has 0 atom stereocenters. The Bertz CT molecular complexity index is 197. The van der Waals surface area contributed by atoms with Gasteiger partial charge in [-0.25, -0.2) is 0 Å². The highest BCUT2D eigenvalue weighted by atomic mass is 79.9. The van der Waals surface area contributed by atoms with E-state index in [1.807, 2.05) is 17.9 Å². The van der Waals surface area contributed by atoms with Gasteiger partial charge >= 0.3 is 0 Å². The largest absolute Gasteiger partial charge is 0.318 e. The van der Waals surface area contributed by atoms with Crippen molar-refractivity contribution in [1.82, 2.24) is 15.1 Å².